The molecule has 0 spiro atoms. The minimum atomic E-state index is -4.00. The van der Waals surface area contributed by atoms with Crippen LogP contribution in [0.2, 0.25) is 0 Å². The van der Waals surface area contributed by atoms with Crippen LogP contribution in [0.1, 0.15) is 40.5 Å². The summed E-state index contributed by atoms with van der Waals surface area (Å²) in [6, 6.07) is 10.1. The second kappa shape index (κ2) is 8.37. The molecule has 0 aliphatic rings. The molecule has 0 bridgehead atoms. The maximum Gasteiger partial charge on any atom is 0.287 e. The predicted octanol–water partition coefficient (Wildman–Crippen LogP) is 2.36. The molecular weight excluding hydrogens is 404 g/mol. The van der Waals surface area contributed by atoms with Gasteiger partial charge in [-0.25, -0.2) is 13.1 Å². The standard InChI is InChI=1S/C21H24N4O4S/c1-5-10-25-21(27)17-9-7-6-8-16(17)18(23-25)20(26)22-24-30(28,29)19-14(3)11-13(2)12-15(19)4/h6-9,11-12,24H,5,10H2,1-4H3,(H,22,26). The lowest BCUT2D eigenvalue weighted by molar-refractivity contribution is 0.0939. The number of nitrogens with zero attached hydrogens (tertiary/aromatic N) is 2. The first-order chi connectivity index (χ1) is 14.2. The first-order valence-corrected chi connectivity index (χ1v) is 11.0. The summed E-state index contributed by atoms with van der Waals surface area (Å²) in [5, 5.41) is 4.87. The summed E-state index contributed by atoms with van der Waals surface area (Å²) < 4.78 is 26.8. The van der Waals surface area contributed by atoms with Crippen LogP contribution in [0.4, 0.5) is 0 Å². The van der Waals surface area contributed by atoms with E-state index in [1.54, 1.807) is 50.2 Å². The van der Waals surface area contributed by atoms with E-state index in [1.165, 1.54) is 4.68 Å². The molecule has 158 valence electrons. The molecule has 1 heterocycles. The average Bonchev–Trinajstić information content (AvgIpc) is 2.67. The maximum atomic E-state index is 12.8. The predicted molar refractivity (Wildman–Crippen MR) is 115 cm³/mol. The van der Waals surface area contributed by atoms with Gasteiger partial charge < -0.3 is 0 Å². The highest BCUT2D eigenvalue weighted by Crippen LogP contribution is 2.21. The quantitative estimate of drug-likeness (QED) is 0.586. The van der Waals surface area contributed by atoms with Crippen LogP contribution in [0.3, 0.4) is 0 Å². The van der Waals surface area contributed by atoms with Gasteiger partial charge in [-0.15, -0.1) is 4.83 Å². The van der Waals surface area contributed by atoms with E-state index in [2.05, 4.69) is 15.4 Å². The average molecular weight is 429 g/mol. The molecule has 0 saturated heterocycles. The number of rotatable bonds is 6. The Morgan fingerprint density at radius 2 is 1.67 bits per heavy atom. The van der Waals surface area contributed by atoms with Crippen LogP contribution in [0.5, 0.6) is 0 Å². The smallest absolute Gasteiger partial charge is 0.272 e. The molecule has 0 aliphatic heterocycles. The Balaban J connectivity index is 1.96. The van der Waals surface area contributed by atoms with Crippen LogP contribution in [0, 0.1) is 20.8 Å². The van der Waals surface area contributed by atoms with Crippen molar-refractivity contribution in [2.75, 3.05) is 0 Å². The summed E-state index contributed by atoms with van der Waals surface area (Å²) in [6.45, 7) is 7.52. The molecule has 2 N–H and O–H groups in total. The summed E-state index contributed by atoms with van der Waals surface area (Å²) in [6.07, 6.45) is 0.658. The van der Waals surface area contributed by atoms with Gasteiger partial charge in [0.15, 0.2) is 5.69 Å². The zero-order valence-electron chi connectivity index (χ0n) is 17.3. The molecule has 2 aromatic carbocycles. The number of hydrogen-bond acceptors (Lipinski definition) is 5. The summed E-state index contributed by atoms with van der Waals surface area (Å²) in [4.78, 5) is 27.6. The Bertz CT molecular complexity index is 1270. The Kier molecular flexibility index (Phi) is 6.04. The number of aryl methyl sites for hydroxylation is 4. The van der Waals surface area contributed by atoms with Gasteiger partial charge in [0.05, 0.1) is 10.3 Å². The minimum absolute atomic E-state index is 0.0290. The Morgan fingerprint density at radius 3 is 2.27 bits per heavy atom. The van der Waals surface area contributed by atoms with Gasteiger partial charge in [0.1, 0.15) is 0 Å². The van der Waals surface area contributed by atoms with Gasteiger partial charge in [-0.1, -0.05) is 42.8 Å². The highest BCUT2D eigenvalue weighted by atomic mass is 32.2. The number of carbonyl (C=O) groups is 1. The van der Waals surface area contributed by atoms with E-state index in [0.29, 0.717) is 34.9 Å². The lowest BCUT2D eigenvalue weighted by Crippen LogP contribution is -2.43. The van der Waals surface area contributed by atoms with Crippen molar-refractivity contribution in [1.29, 1.82) is 0 Å². The Labute approximate surface area is 174 Å². The number of sulfonamides is 1. The van der Waals surface area contributed by atoms with Crippen LogP contribution in [-0.4, -0.2) is 24.1 Å². The van der Waals surface area contributed by atoms with E-state index in [0.717, 1.165) is 5.56 Å². The topological polar surface area (TPSA) is 110 Å². The number of carbonyl (C=O) groups excluding carboxylic acids is 1. The molecule has 3 aromatic rings. The van der Waals surface area contributed by atoms with Gasteiger partial charge in [-0.2, -0.15) is 5.10 Å². The molecule has 30 heavy (non-hydrogen) atoms. The van der Waals surface area contributed by atoms with Crippen molar-refractivity contribution >= 4 is 26.7 Å². The summed E-state index contributed by atoms with van der Waals surface area (Å²) in [5.74, 6) is -0.748. The number of hydrazine groups is 1. The lowest BCUT2D eigenvalue weighted by Gasteiger charge is -2.14. The molecule has 1 aromatic heterocycles. The van der Waals surface area contributed by atoms with Crippen molar-refractivity contribution in [2.24, 2.45) is 0 Å². The van der Waals surface area contributed by atoms with E-state index in [-0.39, 0.29) is 16.1 Å². The van der Waals surface area contributed by atoms with Crippen molar-refractivity contribution in [2.45, 2.75) is 45.6 Å². The van der Waals surface area contributed by atoms with E-state index in [4.69, 9.17) is 0 Å². The van der Waals surface area contributed by atoms with Crippen molar-refractivity contribution in [3.8, 4) is 0 Å². The summed E-state index contributed by atoms with van der Waals surface area (Å²) >= 11 is 0. The van der Waals surface area contributed by atoms with Gasteiger partial charge in [-0.05, 0) is 44.4 Å². The third-order valence-corrected chi connectivity index (χ3v) is 6.24. The van der Waals surface area contributed by atoms with Crippen LogP contribution in [0.15, 0.2) is 46.1 Å². The highest BCUT2D eigenvalue weighted by molar-refractivity contribution is 7.89. The normalized spacial score (nSPS) is 11.6. The summed E-state index contributed by atoms with van der Waals surface area (Å²) in [7, 11) is -4.00. The number of fused-ring (bicyclic) bond motifs is 1. The highest BCUT2D eigenvalue weighted by Gasteiger charge is 2.22. The number of amides is 1. The zero-order chi connectivity index (χ0) is 22.1. The zero-order valence-corrected chi connectivity index (χ0v) is 18.1. The third-order valence-electron chi connectivity index (χ3n) is 4.69. The maximum absolute atomic E-state index is 12.8. The number of aromatic nitrogens is 2. The molecule has 0 atom stereocenters. The minimum Gasteiger partial charge on any atom is -0.272 e. The van der Waals surface area contributed by atoms with Gasteiger partial charge in [-0.3, -0.25) is 15.0 Å². The van der Waals surface area contributed by atoms with Crippen LogP contribution >= 0.6 is 0 Å². The first kappa shape index (κ1) is 21.7. The Hall–Kier alpha value is -3.04. The molecule has 9 heteroatoms. The van der Waals surface area contributed by atoms with Crippen LogP contribution in [0.25, 0.3) is 10.8 Å². The molecule has 1 amide bonds. The largest absolute Gasteiger partial charge is 0.287 e. The van der Waals surface area contributed by atoms with E-state index >= 15 is 0 Å². The van der Waals surface area contributed by atoms with Gasteiger partial charge >= 0.3 is 0 Å². The third kappa shape index (κ3) is 4.12. The first-order valence-electron chi connectivity index (χ1n) is 9.55. The van der Waals surface area contributed by atoms with Crippen molar-refractivity contribution in [3.05, 3.63) is 69.1 Å². The van der Waals surface area contributed by atoms with Crippen molar-refractivity contribution in [3.63, 3.8) is 0 Å². The second-order valence-electron chi connectivity index (χ2n) is 7.21. The SMILES string of the molecule is CCCn1nc(C(=O)NNS(=O)(=O)c2c(C)cc(C)cc2C)c2ccccc2c1=O. The fourth-order valence-electron chi connectivity index (χ4n) is 3.58. The van der Waals surface area contributed by atoms with Crippen molar-refractivity contribution < 1.29 is 13.2 Å². The lowest BCUT2D eigenvalue weighted by atomic mass is 10.1. The fraction of sp³-hybridized carbons (Fsp3) is 0.286. The number of hydrogen-bond donors (Lipinski definition) is 2. The molecule has 0 unspecified atom stereocenters. The van der Waals surface area contributed by atoms with Crippen LogP contribution < -0.4 is 15.8 Å². The molecule has 0 saturated carbocycles. The monoisotopic (exact) mass is 428 g/mol. The molecule has 3 rings (SSSR count). The van der Waals surface area contributed by atoms with E-state index in [1.807, 2.05) is 13.8 Å². The molecule has 0 aliphatic carbocycles. The van der Waals surface area contributed by atoms with E-state index < -0.39 is 15.9 Å². The fourth-order valence-corrected chi connectivity index (χ4v) is 4.88. The number of nitrogens with one attached hydrogen (secondary N) is 2. The van der Waals surface area contributed by atoms with Crippen LogP contribution in [-0.2, 0) is 16.6 Å². The van der Waals surface area contributed by atoms with Gasteiger partial charge in [0, 0.05) is 11.9 Å². The summed E-state index contributed by atoms with van der Waals surface area (Å²) in [5.41, 5.74) is 4.01. The van der Waals surface area contributed by atoms with Crippen molar-refractivity contribution in [1.82, 2.24) is 20.0 Å². The van der Waals surface area contributed by atoms with Gasteiger partial charge in [0.2, 0.25) is 0 Å². The molecule has 0 fully saturated rings. The Morgan fingerprint density at radius 1 is 1.07 bits per heavy atom. The molecule has 8 nitrogen and oxygen atoms in total. The molecular formula is C21H24N4O4S. The second-order valence-corrected chi connectivity index (χ2v) is 8.83. The number of benzene rings is 2. The molecule has 0 radical (unpaired) electrons. The van der Waals surface area contributed by atoms with E-state index in [9.17, 15) is 18.0 Å². The van der Waals surface area contributed by atoms with Gasteiger partial charge in [0.25, 0.3) is 21.5 Å².